The standard InChI is InChI=1S/C12H22FNO3/c1-8(15)10(13)9-5-6-14(7-9)11(16)17-12(2,3)4/h8-10,15H,5-7H2,1-4H3. The van der Waals surface area contributed by atoms with Crippen LogP contribution in [0.3, 0.4) is 0 Å². The van der Waals surface area contributed by atoms with Gasteiger partial charge in [-0.15, -0.1) is 0 Å². The number of nitrogens with zero attached hydrogens (tertiary/aromatic N) is 1. The molecular formula is C12H22FNO3. The van der Waals surface area contributed by atoms with Crippen molar-refractivity contribution in [3.8, 4) is 0 Å². The highest BCUT2D eigenvalue weighted by Gasteiger charge is 2.35. The highest BCUT2D eigenvalue weighted by Crippen LogP contribution is 2.25. The molecule has 4 nitrogen and oxygen atoms in total. The number of carbonyl (C=O) groups excluding carboxylic acids is 1. The molecule has 1 aliphatic heterocycles. The molecule has 0 aromatic carbocycles. The number of alkyl halides is 1. The summed E-state index contributed by atoms with van der Waals surface area (Å²) in [5.74, 6) is -0.289. The van der Waals surface area contributed by atoms with Crippen molar-refractivity contribution in [3.05, 3.63) is 0 Å². The van der Waals surface area contributed by atoms with Gasteiger partial charge in [0.2, 0.25) is 0 Å². The molecule has 0 radical (unpaired) electrons. The molecule has 1 aliphatic rings. The summed E-state index contributed by atoms with van der Waals surface area (Å²) >= 11 is 0. The maximum Gasteiger partial charge on any atom is 0.410 e. The van der Waals surface area contributed by atoms with E-state index in [1.165, 1.54) is 11.8 Å². The average molecular weight is 247 g/mol. The van der Waals surface area contributed by atoms with Gasteiger partial charge in [0.15, 0.2) is 0 Å². The van der Waals surface area contributed by atoms with Gasteiger partial charge in [0.05, 0.1) is 6.10 Å². The summed E-state index contributed by atoms with van der Waals surface area (Å²) in [6.07, 6.45) is -2.09. The van der Waals surface area contributed by atoms with Crippen molar-refractivity contribution in [2.75, 3.05) is 13.1 Å². The molecule has 0 aromatic rings. The maximum atomic E-state index is 13.6. The van der Waals surface area contributed by atoms with Crippen LogP contribution >= 0.6 is 0 Å². The van der Waals surface area contributed by atoms with Gasteiger partial charge >= 0.3 is 6.09 Å². The average Bonchev–Trinajstić information content (AvgIpc) is 2.62. The summed E-state index contributed by atoms with van der Waals surface area (Å²) in [6, 6.07) is 0. The van der Waals surface area contributed by atoms with Crippen LogP contribution in [-0.4, -0.2) is 47.1 Å². The van der Waals surface area contributed by atoms with Gasteiger partial charge < -0.3 is 14.7 Å². The number of halogens is 1. The third-order valence-electron chi connectivity index (χ3n) is 2.79. The Morgan fingerprint density at radius 2 is 2.12 bits per heavy atom. The van der Waals surface area contributed by atoms with Gasteiger partial charge in [-0.3, -0.25) is 0 Å². The van der Waals surface area contributed by atoms with Crippen LogP contribution in [0.4, 0.5) is 9.18 Å². The number of rotatable bonds is 2. The predicted molar refractivity (Wildman–Crippen MR) is 62.5 cm³/mol. The first-order valence-electron chi connectivity index (χ1n) is 6.01. The monoisotopic (exact) mass is 247 g/mol. The van der Waals surface area contributed by atoms with Gasteiger partial charge in [-0.1, -0.05) is 0 Å². The number of likely N-dealkylation sites (tertiary alicyclic amines) is 1. The highest BCUT2D eigenvalue weighted by molar-refractivity contribution is 5.68. The molecule has 17 heavy (non-hydrogen) atoms. The molecule has 100 valence electrons. The molecule has 1 amide bonds. The summed E-state index contributed by atoms with van der Waals surface area (Å²) < 4.78 is 18.8. The molecule has 1 rings (SSSR count). The Morgan fingerprint density at radius 3 is 2.59 bits per heavy atom. The number of hydrogen-bond acceptors (Lipinski definition) is 3. The SMILES string of the molecule is CC(O)C(F)C1CCN(C(=O)OC(C)(C)C)C1. The van der Waals surface area contributed by atoms with Crippen molar-refractivity contribution >= 4 is 6.09 Å². The molecule has 5 heteroatoms. The number of ether oxygens (including phenoxy) is 1. The van der Waals surface area contributed by atoms with Crippen LogP contribution in [-0.2, 0) is 4.74 Å². The third kappa shape index (κ3) is 4.15. The lowest BCUT2D eigenvalue weighted by molar-refractivity contribution is 0.0244. The van der Waals surface area contributed by atoms with Crippen LogP contribution in [0, 0.1) is 5.92 Å². The zero-order chi connectivity index (χ0) is 13.2. The maximum absolute atomic E-state index is 13.6. The Bertz CT molecular complexity index is 275. The zero-order valence-corrected chi connectivity index (χ0v) is 10.9. The lowest BCUT2D eigenvalue weighted by atomic mass is 9.99. The van der Waals surface area contributed by atoms with Crippen molar-refractivity contribution in [1.29, 1.82) is 0 Å². The van der Waals surface area contributed by atoms with Gasteiger partial charge in [-0.2, -0.15) is 0 Å². The van der Waals surface area contributed by atoms with E-state index in [2.05, 4.69) is 0 Å². The van der Waals surface area contributed by atoms with Gasteiger partial charge in [-0.05, 0) is 34.1 Å². The first-order chi connectivity index (χ1) is 7.70. The number of carbonyl (C=O) groups is 1. The van der Waals surface area contributed by atoms with E-state index in [-0.39, 0.29) is 5.92 Å². The Morgan fingerprint density at radius 1 is 1.53 bits per heavy atom. The van der Waals surface area contributed by atoms with Crippen LogP contribution in [0.5, 0.6) is 0 Å². The van der Waals surface area contributed by atoms with E-state index >= 15 is 0 Å². The quantitative estimate of drug-likeness (QED) is 0.811. The van der Waals surface area contributed by atoms with Gasteiger partial charge in [0.1, 0.15) is 11.8 Å². The second-order valence-corrected chi connectivity index (χ2v) is 5.66. The fourth-order valence-corrected chi connectivity index (χ4v) is 1.93. The minimum absolute atomic E-state index is 0.289. The van der Waals surface area contributed by atoms with Crippen molar-refractivity contribution in [1.82, 2.24) is 4.90 Å². The fourth-order valence-electron chi connectivity index (χ4n) is 1.93. The molecule has 3 atom stereocenters. The molecule has 0 saturated carbocycles. The first-order valence-corrected chi connectivity index (χ1v) is 6.01. The van der Waals surface area contributed by atoms with Crippen molar-refractivity contribution < 1.29 is 19.0 Å². The molecular weight excluding hydrogens is 225 g/mol. The molecule has 1 saturated heterocycles. The Labute approximate surface area is 102 Å². The lowest BCUT2D eigenvalue weighted by Gasteiger charge is -2.25. The van der Waals surface area contributed by atoms with Gasteiger partial charge in [0, 0.05) is 19.0 Å². The molecule has 1 heterocycles. The van der Waals surface area contributed by atoms with E-state index in [9.17, 15) is 14.3 Å². The van der Waals surface area contributed by atoms with Gasteiger partial charge in [0.25, 0.3) is 0 Å². The molecule has 1 N–H and O–H groups in total. The van der Waals surface area contributed by atoms with Crippen LogP contribution in [0.1, 0.15) is 34.1 Å². The summed E-state index contributed by atoms with van der Waals surface area (Å²) in [5, 5.41) is 9.18. The predicted octanol–water partition coefficient (Wildman–Crippen LogP) is 1.96. The van der Waals surface area contributed by atoms with Crippen LogP contribution < -0.4 is 0 Å². The van der Waals surface area contributed by atoms with Gasteiger partial charge in [-0.25, -0.2) is 9.18 Å². The second-order valence-electron chi connectivity index (χ2n) is 5.66. The second kappa shape index (κ2) is 5.21. The normalized spacial score (nSPS) is 24.6. The lowest BCUT2D eigenvalue weighted by Crippen LogP contribution is -2.37. The smallest absolute Gasteiger partial charge is 0.410 e. The zero-order valence-electron chi connectivity index (χ0n) is 10.9. The van der Waals surface area contributed by atoms with Crippen LogP contribution in [0.2, 0.25) is 0 Å². The van der Waals surface area contributed by atoms with E-state index in [1.807, 2.05) is 0 Å². The molecule has 1 fully saturated rings. The fraction of sp³-hybridized carbons (Fsp3) is 0.917. The molecule has 3 unspecified atom stereocenters. The van der Waals surface area contributed by atoms with E-state index in [0.717, 1.165) is 0 Å². The summed E-state index contributed by atoms with van der Waals surface area (Å²) in [7, 11) is 0. The minimum atomic E-state index is -1.28. The number of amides is 1. The van der Waals surface area contributed by atoms with Crippen molar-refractivity contribution in [2.24, 2.45) is 5.92 Å². The molecule has 0 bridgehead atoms. The Kier molecular flexibility index (Phi) is 4.36. The van der Waals surface area contributed by atoms with Crippen LogP contribution in [0.15, 0.2) is 0 Å². The first kappa shape index (κ1) is 14.2. The van der Waals surface area contributed by atoms with E-state index in [4.69, 9.17) is 4.74 Å². The van der Waals surface area contributed by atoms with E-state index < -0.39 is 24.0 Å². The number of aliphatic hydroxyl groups excluding tert-OH is 1. The largest absolute Gasteiger partial charge is 0.444 e. The Balaban J connectivity index is 2.48. The van der Waals surface area contributed by atoms with Crippen molar-refractivity contribution in [3.63, 3.8) is 0 Å². The summed E-state index contributed by atoms with van der Waals surface area (Å²) in [6.45, 7) is 7.64. The van der Waals surface area contributed by atoms with Crippen molar-refractivity contribution in [2.45, 2.75) is 52.0 Å². The highest BCUT2D eigenvalue weighted by atomic mass is 19.1. The number of hydrogen-bond donors (Lipinski definition) is 1. The number of aliphatic hydroxyl groups is 1. The van der Waals surface area contributed by atoms with E-state index in [0.29, 0.717) is 19.5 Å². The minimum Gasteiger partial charge on any atom is -0.444 e. The molecule has 0 aromatic heterocycles. The summed E-state index contributed by atoms with van der Waals surface area (Å²) in [5.41, 5.74) is -0.533. The third-order valence-corrected chi connectivity index (χ3v) is 2.79. The topological polar surface area (TPSA) is 49.8 Å². The molecule has 0 spiro atoms. The summed E-state index contributed by atoms with van der Waals surface area (Å²) in [4.78, 5) is 13.2. The van der Waals surface area contributed by atoms with Crippen LogP contribution in [0.25, 0.3) is 0 Å². The van der Waals surface area contributed by atoms with E-state index in [1.54, 1.807) is 20.8 Å². The Hall–Kier alpha value is -0.840. The molecule has 0 aliphatic carbocycles.